The first kappa shape index (κ1) is 15.6. The molecule has 0 aliphatic heterocycles. The summed E-state index contributed by atoms with van der Waals surface area (Å²) in [5.41, 5.74) is 1.23. The molecule has 0 unspecified atom stereocenters. The normalized spacial score (nSPS) is 11.5. The van der Waals surface area contributed by atoms with Crippen molar-refractivity contribution < 1.29 is 14.0 Å². The number of benzene rings is 2. The monoisotopic (exact) mass is 320 g/mol. The third kappa shape index (κ3) is 3.70. The summed E-state index contributed by atoms with van der Waals surface area (Å²) in [7, 11) is 0. The maximum atomic E-state index is 12.7. The Hall–Kier alpha value is -3.34. The summed E-state index contributed by atoms with van der Waals surface area (Å²) in [4.78, 5) is 25.0. The quantitative estimate of drug-likeness (QED) is 0.540. The molecule has 3 rings (SSSR count). The standard InChI is InChI=1S/C19H16N2O3/c22-17(14-8-3-1-4-9-14)18(20-15-10-5-2-6-11-15)21-19(23)16-12-7-13-24-16/h1-13,18,20H,(H,21,23)/t18-/m1/s1. The van der Waals surface area contributed by atoms with Crippen molar-refractivity contribution >= 4 is 17.4 Å². The van der Waals surface area contributed by atoms with Gasteiger partial charge in [-0.3, -0.25) is 9.59 Å². The number of amides is 1. The van der Waals surface area contributed by atoms with Crippen LogP contribution in [0.2, 0.25) is 0 Å². The van der Waals surface area contributed by atoms with Gasteiger partial charge >= 0.3 is 0 Å². The Balaban J connectivity index is 1.83. The van der Waals surface area contributed by atoms with Crippen molar-refractivity contribution in [3.05, 3.63) is 90.4 Å². The summed E-state index contributed by atoms with van der Waals surface area (Å²) < 4.78 is 5.08. The number of nitrogens with one attached hydrogen (secondary N) is 2. The van der Waals surface area contributed by atoms with Gasteiger partial charge in [0.15, 0.2) is 11.9 Å². The van der Waals surface area contributed by atoms with Crippen LogP contribution in [0, 0.1) is 0 Å². The molecule has 24 heavy (non-hydrogen) atoms. The van der Waals surface area contributed by atoms with Crippen LogP contribution < -0.4 is 10.6 Å². The number of hydrogen-bond acceptors (Lipinski definition) is 4. The molecule has 120 valence electrons. The van der Waals surface area contributed by atoms with E-state index in [1.165, 1.54) is 6.26 Å². The number of furan rings is 1. The number of para-hydroxylation sites is 1. The Bertz CT molecular complexity index is 799. The van der Waals surface area contributed by atoms with E-state index in [0.29, 0.717) is 5.56 Å². The van der Waals surface area contributed by atoms with Crippen LogP contribution in [0.5, 0.6) is 0 Å². The Morgan fingerprint density at radius 3 is 2.12 bits per heavy atom. The van der Waals surface area contributed by atoms with E-state index in [4.69, 9.17) is 4.42 Å². The molecule has 3 aromatic rings. The summed E-state index contributed by atoms with van der Waals surface area (Å²) >= 11 is 0. The lowest BCUT2D eigenvalue weighted by Crippen LogP contribution is -2.46. The van der Waals surface area contributed by atoms with E-state index in [1.807, 2.05) is 36.4 Å². The van der Waals surface area contributed by atoms with E-state index in [9.17, 15) is 9.59 Å². The van der Waals surface area contributed by atoms with Crippen LogP contribution in [0.3, 0.4) is 0 Å². The molecule has 0 saturated carbocycles. The third-order valence-corrected chi connectivity index (χ3v) is 3.43. The lowest BCUT2D eigenvalue weighted by molar-refractivity contribution is 0.0853. The minimum atomic E-state index is -0.910. The molecule has 5 nitrogen and oxygen atoms in total. The zero-order valence-electron chi connectivity index (χ0n) is 12.8. The average Bonchev–Trinajstić information content (AvgIpc) is 3.17. The first-order valence-electron chi connectivity index (χ1n) is 7.49. The minimum absolute atomic E-state index is 0.149. The van der Waals surface area contributed by atoms with Gasteiger partial charge in [0.2, 0.25) is 5.78 Å². The van der Waals surface area contributed by atoms with Crippen molar-refractivity contribution in [2.75, 3.05) is 5.32 Å². The summed E-state index contributed by atoms with van der Waals surface area (Å²) in [6, 6.07) is 21.2. The Labute approximate surface area is 139 Å². The number of rotatable bonds is 6. The molecule has 2 N–H and O–H groups in total. The number of Topliss-reactive ketones (excluding diaryl/α,β-unsaturated/α-hetero) is 1. The first-order valence-corrected chi connectivity index (χ1v) is 7.49. The van der Waals surface area contributed by atoms with Gasteiger partial charge in [0.1, 0.15) is 0 Å². The number of hydrogen-bond donors (Lipinski definition) is 2. The molecule has 0 aliphatic rings. The van der Waals surface area contributed by atoms with Crippen molar-refractivity contribution in [1.82, 2.24) is 5.32 Å². The molecule has 1 aromatic heterocycles. The highest BCUT2D eigenvalue weighted by molar-refractivity contribution is 6.04. The van der Waals surface area contributed by atoms with Crippen molar-refractivity contribution in [1.29, 1.82) is 0 Å². The molecular weight excluding hydrogens is 304 g/mol. The highest BCUT2D eigenvalue weighted by Gasteiger charge is 2.23. The second kappa shape index (κ2) is 7.28. The molecule has 0 radical (unpaired) electrons. The summed E-state index contributed by atoms with van der Waals surface area (Å²) in [5, 5.41) is 5.72. The fraction of sp³-hybridized carbons (Fsp3) is 0.0526. The maximum Gasteiger partial charge on any atom is 0.288 e. The van der Waals surface area contributed by atoms with Crippen LogP contribution in [0.25, 0.3) is 0 Å². The fourth-order valence-electron chi connectivity index (χ4n) is 2.25. The first-order chi connectivity index (χ1) is 11.7. The molecule has 0 fully saturated rings. The summed E-state index contributed by atoms with van der Waals surface area (Å²) in [6.45, 7) is 0. The molecule has 0 spiro atoms. The fourth-order valence-corrected chi connectivity index (χ4v) is 2.25. The molecule has 2 aromatic carbocycles. The molecule has 0 bridgehead atoms. The van der Waals surface area contributed by atoms with Crippen LogP contribution in [0.4, 0.5) is 5.69 Å². The molecule has 0 aliphatic carbocycles. The number of ketones is 1. The van der Waals surface area contributed by atoms with E-state index < -0.39 is 12.1 Å². The summed E-state index contributed by atoms with van der Waals surface area (Å²) in [5.74, 6) is -0.548. The van der Waals surface area contributed by atoms with Crippen molar-refractivity contribution in [3.8, 4) is 0 Å². The molecule has 1 amide bonds. The van der Waals surface area contributed by atoms with Gasteiger partial charge in [-0.2, -0.15) is 0 Å². The Kier molecular flexibility index (Phi) is 4.72. The predicted molar refractivity (Wildman–Crippen MR) is 90.8 cm³/mol. The van der Waals surface area contributed by atoms with E-state index in [0.717, 1.165) is 5.69 Å². The third-order valence-electron chi connectivity index (χ3n) is 3.43. The molecule has 0 saturated heterocycles. The van der Waals surface area contributed by atoms with Gasteiger partial charge in [-0.15, -0.1) is 0 Å². The second-order valence-corrected chi connectivity index (χ2v) is 5.12. The van der Waals surface area contributed by atoms with Gasteiger partial charge in [-0.05, 0) is 24.3 Å². The van der Waals surface area contributed by atoms with Crippen molar-refractivity contribution in [3.63, 3.8) is 0 Å². The van der Waals surface area contributed by atoms with Gasteiger partial charge in [-0.1, -0.05) is 48.5 Å². The van der Waals surface area contributed by atoms with Gasteiger partial charge in [0, 0.05) is 11.3 Å². The smallest absolute Gasteiger partial charge is 0.288 e. The highest BCUT2D eigenvalue weighted by Crippen LogP contribution is 2.11. The molecule has 5 heteroatoms. The highest BCUT2D eigenvalue weighted by atomic mass is 16.3. The van der Waals surface area contributed by atoms with Crippen molar-refractivity contribution in [2.24, 2.45) is 0 Å². The zero-order valence-corrected chi connectivity index (χ0v) is 12.8. The molecule has 1 atom stereocenters. The number of anilines is 1. The lowest BCUT2D eigenvalue weighted by atomic mass is 10.1. The zero-order chi connectivity index (χ0) is 16.8. The lowest BCUT2D eigenvalue weighted by Gasteiger charge is -2.20. The van der Waals surface area contributed by atoms with Crippen LogP contribution in [0.1, 0.15) is 20.9 Å². The van der Waals surface area contributed by atoms with E-state index in [2.05, 4.69) is 10.6 Å². The van der Waals surface area contributed by atoms with Crippen LogP contribution in [-0.4, -0.2) is 17.9 Å². The van der Waals surface area contributed by atoms with Gasteiger partial charge in [-0.25, -0.2) is 0 Å². The second-order valence-electron chi connectivity index (χ2n) is 5.12. The molecular formula is C19H16N2O3. The van der Waals surface area contributed by atoms with E-state index >= 15 is 0 Å². The topological polar surface area (TPSA) is 71.3 Å². The largest absolute Gasteiger partial charge is 0.459 e. The van der Waals surface area contributed by atoms with Gasteiger partial charge < -0.3 is 15.1 Å². The van der Waals surface area contributed by atoms with Crippen LogP contribution in [-0.2, 0) is 0 Å². The van der Waals surface area contributed by atoms with E-state index in [1.54, 1.807) is 36.4 Å². The maximum absolute atomic E-state index is 12.7. The average molecular weight is 320 g/mol. The minimum Gasteiger partial charge on any atom is -0.459 e. The Morgan fingerprint density at radius 1 is 0.833 bits per heavy atom. The summed E-state index contributed by atoms with van der Waals surface area (Å²) in [6.07, 6.45) is 0.500. The number of carbonyl (C=O) groups is 2. The van der Waals surface area contributed by atoms with Gasteiger partial charge in [0.05, 0.1) is 6.26 Å². The van der Waals surface area contributed by atoms with Crippen molar-refractivity contribution in [2.45, 2.75) is 6.17 Å². The van der Waals surface area contributed by atoms with Crippen LogP contribution in [0.15, 0.2) is 83.5 Å². The van der Waals surface area contributed by atoms with E-state index in [-0.39, 0.29) is 11.5 Å². The Morgan fingerprint density at radius 2 is 1.50 bits per heavy atom. The number of carbonyl (C=O) groups excluding carboxylic acids is 2. The SMILES string of the molecule is O=C(N[C@@H](Nc1ccccc1)C(=O)c1ccccc1)c1ccco1. The van der Waals surface area contributed by atoms with Crippen LogP contribution >= 0.6 is 0 Å². The molecule has 1 heterocycles. The predicted octanol–water partition coefficient (Wildman–Crippen LogP) is 3.33. The van der Waals surface area contributed by atoms with Gasteiger partial charge in [0.25, 0.3) is 5.91 Å².